The highest BCUT2D eigenvalue weighted by atomic mass is 28.4. The summed E-state index contributed by atoms with van der Waals surface area (Å²) in [4.78, 5) is 11.5. The van der Waals surface area contributed by atoms with Crippen molar-refractivity contribution in [2.45, 2.75) is 71.7 Å². The van der Waals surface area contributed by atoms with E-state index in [1.54, 1.807) is 0 Å². The molecule has 0 N–H and O–H groups in total. The van der Waals surface area contributed by atoms with Crippen LogP contribution in [0.4, 0.5) is 0 Å². The molecule has 0 saturated carbocycles. The van der Waals surface area contributed by atoms with Crippen LogP contribution in [0.5, 0.6) is 0 Å². The quantitative estimate of drug-likeness (QED) is 0.539. The van der Waals surface area contributed by atoms with E-state index in [1.165, 1.54) is 0 Å². The summed E-state index contributed by atoms with van der Waals surface area (Å²) in [5, 5.41) is 0.176. The number of hydrogen-bond donors (Lipinski definition) is 0. The zero-order valence-corrected chi connectivity index (χ0v) is 13.4. The molecule has 1 unspecified atom stereocenters. The maximum Gasteiger partial charge on any atom is 0.308 e. The Labute approximate surface area is 107 Å². The van der Waals surface area contributed by atoms with Crippen molar-refractivity contribution in [3.05, 3.63) is 0 Å². The largest absolute Gasteiger partial charge is 0.466 e. The molecule has 0 aliphatic rings. The Morgan fingerprint density at radius 1 is 1.24 bits per heavy atom. The Hall–Kier alpha value is -0.353. The number of ether oxygens (including phenoxy) is 1. The lowest BCUT2D eigenvalue weighted by atomic mass is 10.2. The van der Waals surface area contributed by atoms with Gasteiger partial charge in [0.1, 0.15) is 0 Å². The van der Waals surface area contributed by atoms with Crippen LogP contribution in [0.3, 0.4) is 0 Å². The molecule has 1 atom stereocenters. The van der Waals surface area contributed by atoms with Crippen molar-refractivity contribution in [3.63, 3.8) is 0 Å². The second-order valence-electron chi connectivity index (χ2n) is 5.92. The molecule has 4 heteroatoms. The van der Waals surface area contributed by atoms with E-state index in [2.05, 4.69) is 40.8 Å². The molecule has 0 bridgehead atoms. The smallest absolute Gasteiger partial charge is 0.308 e. The fourth-order valence-electron chi connectivity index (χ4n) is 1.27. The molecule has 17 heavy (non-hydrogen) atoms. The molecule has 0 aromatic heterocycles. The average molecular weight is 260 g/mol. The van der Waals surface area contributed by atoms with Crippen LogP contribution in [0, 0.1) is 0 Å². The second-order valence-corrected chi connectivity index (χ2v) is 10.7. The van der Waals surface area contributed by atoms with Crippen LogP contribution >= 0.6 is 0 Å². The molecule has 0 fully saturated rings. The van der Waals surface area contributed by atoms with Crippen molar-refractivity contribution in [1.29, 1.82) is 0 Å². The third kappa shape index (κ3) is 5.68. The highest BCUT2D eigenvalue weighted by Crippen LogP contribution is 2.37. The molecule has 0 aromatic carbocycles. The second kappa shape index (κ2) is 6.54. The van der Waals surface area contributed by atoms with Gasteiger partial charge in [-0.2, -0.15) is 0 Å². The van der Waals surface area contributed by atoms with Crippen LogP contribution < -0.4 is 0 Å². The van der Waals surface area contributed by atoms with Gasteiger partial charge in [0, 0.05) is 0 Å². The zero-order valence-electron chi connectivity index (χ0n) is 12.4. The van der Waals surface area contributed by atoms with E-state index in [-0.39, 0.29) is 17.1 Å². The lowest BCUT2D eigenvalue weighted by Gasteiger charge is -2.39. The lowest BCUT2D eigenvalue weighted by molar-refractivity contribution is -0.145. The normalized spacial score (nSPS) is 14.5. The molecule has 0 aliphatic heterocycles. The first-order valence-corrected chi connectivity index (χ1v) is 9.38. The van der Waals surface area contributed by atoms with Crippen LogP contribution in [0.1, 0.15) is 47.5 Å². The Balaban J connectivity index is 4.45. The van der Waals surface area contributed by atoms with Gasteiger partial charge in [-0.1, -0.05) is 27.7 Å². The van der Waals surface area contributed by atoms with Gasteiger partial charge in [0.05, 0.1) is 19.1 Å². The van der Waals surface area contributed by atoms with Gasteiger partial charge in [0.15, 0.2) is 8.32 Å². The summed E-state index contributed by atoms with van der Waals surface area (Å²) < 4.78 is 11.2. The molecule has 3 nitrogen and oxygen atoms in total. The van der Waals surface area contributed by atoms with E-state index >= 15 is 0 Å². The van der Waals surface area contributed by atoms with Crippen LogP contribution in [0.2, 0.25) is 18.1 Å². The van der Waals surface area contributed by atoms with Gasteiger partial charge in [-0.3, -0.25) is 4.79 Å². The first kappa shape index (κ1) is 16.6. The van der Waals surface area contributed by atoms with E-state index in [9.17, 15) is 4.79 Å². The maximum absolute atomic E-state index is 11.5. The van der Waals surface area contributed by atoms with Crippen LogP contribution in [0.25, 0.3) is 0 Å². The van der Waals surface area contributed by atoms with Gasteiger partial charge in [-0.25, -0.2) is 0 Å². The minimum atomic E-state index is -1.79. The summed E-state index contributed by atoms with van der Waals surface area (Å²) in [6.45, 7) is 15.4. The SMILES string of the molecule is CCOC(=O)CC(CC)O[Si](C)(C)C(C)(C)C. The summed E-state index contributed by atoms with van der Waals surface area (Å²) in [5.74, 6) is -0.155. The molecule has 0 aromatic rings. The summed E-state index contributed by atoms with van der Waals surface area (Å²) in [6, 6.07) is 0. The number of carbonyl (C=O) groups is 1. The molecule has 0 amide bonds. The van der Waals surface area contributed by atoms with Crippen molar-refractivity contribution >= 4 is 14.3 Å². The topological polar surface area (TPSA) is 35.5 Å². The van der Waals surface area contributed by atoms with Gasteiger partial charge >= 0.3 is 5.97 Å². The van der Waals surface area contributed by atoms with E-state index in [1.807, 2.05) is 6.92 Å². The molecule has 0 radical (unpaired) electrons. The molecule has 0 heterocycles. The van der Waals surface area contributed by atoms with E-state index < -0.39 is 8.32 Å². The molecule has 0 rings (SSSR count). The molecular formula is C13H28O3Si. The van der Waals surface area contributed by atoms with Gasteiger partial charge in [-0.15, -0.1) is 0 Å². The first-order chi connectivity index (χ1) is 7.64. The zero-order chi connectivity index (χ0) is 13.7. The molecule has 102 valence electrons. The molecule has 0 spiro atoms. The third-order valence-electron chi connectivity index (χ3n) is 3.42. The maximum atomic E-state index is 11.5. The lowest BCUT2D eigenvalue weighted by Crippen LogP contribution is -2.44. The van der Waals surface area contributed by atoms with Gasteiger partial charge in [-0.05, 0) is 31.5 Å². The highest BCUT2D eigenvalue weighted by molar-refractivity contribution is 6.74. The standard InChI is InChI=1S/C13H28O3Si/c1-8-11(10-12(14)15-9-2)16-17(6,7)13(3,4)5/h11H,8-10H2,1-7H3. The monoisotopic (exact) mass is 260 g/mol. The third-order valence-corrected chi connectivity index (χ3v) is 7.96. The Morgan fingerprint density at radius 3 is 2.12 bits per heavy atom. The summed E-state index contributed by atoms with van der Waals surface area (Å²) >= 11 is 0. The van der Waals surface area contributed by atoms with Gasteiger partial charge in [0.2, 0.25) is 0 Å². The number of rotatable bonds is 6. The Morgan fingerprint density at radius 2 is 1.76 bits per heavy atom. The van der Waals surface area contributed by atoms with E-state index in [0.29, 0.717) is 13.0 Å². The Kier molecular flexibility index (Phi) is 6.41. The predicted molar refractivity (Wildman–Crippen MR) is 73.6 cm³/mol. The average Bonchev–Trinajstić information content (AvgIpc) is 2.14. The first-order valence-electron chi connectivity index (χ1n) is 6.47. The van der Waals surface area contributed by atoms with Crippen molar-refractivity contribution in [1.82, 2.24) is 0 Å². The number of esters is 1. The number of carbonyl (C=O) groups excluding carboxylic acids is 1. The molecule has 0 aliphatic carbocycles. The fourth-order valence-corrected chi connectivity index (χ4v) is 2.71. The van der Waals surface area contributed by atoms with Crippen molar-refractivity contribution in [2.24, 2.45) is 0 Å². The van der Waals surface area contributed by atoms with Gasteiger partial charge in [0.25, 0.3) is 0 Å². The van der Waals surface area contributed by atoms with E-state index in [4.69, 9.17) is 9.16 Å². The van der Waals surface area contributed by atoms with Crippen LogP contribution in [0.15, 0.2) is 0 Å². The fraction of sp³-hybridized carbons (Fsp3) is 0.923. The van der Waals surface area contributed by atoms with Gasteiger partial charge < -0.3 is 9.16 Å². The van der Waals surface area contributed by atoms with Crippen LogP contribution in [-0.4, -0.2) is 27.0 Å². The van der Waals surface area contributed by atoms with Crippen LogP contribution in [-0.2, 0) is 14.0 Å². The van der Waals surface area contributed by atoms with Crippen molar-refractivity contribution in [2.75, 3.05) is 6.61 Å². The number of hydrogen-bond acceptors (Lipinski definition) is 3. The summed E-state index contributed by atoms with van der Waals surface area (Å²) in [7, 11) is -1.79. The minimum absolute atomic E-state index is 0.00468. The summed E-state index contributed by atoms with van der Waals surface area (Å²) in [5.41, 5.74) is 0. The van der Waals surface area contributed by atoms with Crippen molar-refractivity contribution in [3.8, 4) is 0 Å². The predicted octanol–water partition coefficient (Wildman–Crippen LogP) is 3.74. The van der Waals surface area contributed by atoms with Crippen molar-refractivity contribution < 1.29 is 14.0 Å². The van der Waals surface area contributed by atoms with E-state index in [0.717, 1.165) is 6.42 Å². The Bertz CT molecular complexity index is 244. The summed E-state index contributed by atoms with van der Waals surface area (Å²) in [6.07, 6.45) is 1.22. The molecular weight excluding hydrogens is 232 g/mol. The molecule has 0 saturated heterocycles. The highest BCUT2D eigenvalue weighted by Gasteiger charge is 2.39. The minimum Gasteiger partial charge on any atom is -0.466 e.